The monoisotopic (exact) mass is 349 g/mol. The Labute approximate surface area is 123 Å². The topological polar surface area (TPSA) is 28.2 Å². The van der Waals surface area contributed by atoms with Gasteiger partial charge in [-0.05, 0) is 41.4 Å². The van der Waals surface area contributed by atoms with Gasteiger partial charge in [0.05, 0.1) is 5.56 Å². The van der Waals surface area contributed by atoms with Crippen molar-refractivity contribution in [1.82, 2.24) is 10.3 Å². The van der Waals surface area contributed by atoms with Gasteiger partial charge in [0.15, 0.2) is 0 Å². The van der Waals surface area contributed by atoms with Crippen molar-refractivity contribution in [2.24, 2.45) is 5.41 Å². The number of hydrogen-bond donors (Lipinski definition) is 1. The van der Waals surface area contributed by atoms with Crippen LogP contribution in [0.2, 0.25) is 0 Å². The third-order valence-corrected chi connectivity index (χ3v) is 4.64. The number of nitrogens with one attached hydrogen (secondary N) is 1. The molecule has 7 heteroatoms. The maximum atomic E-state index is 13.2. The van der Waals surface area contributed by atoms with Crippen LogP contribution in [0.15, 0.2) is 16.7 Å². The molecule has 0 amide bonds. The summed E-state index contributed by atoms with van der Waals surface area (Å²) in [7, 11) is 0. The predicted molar refractivity (Wildman–Crippen MR) is 73.7 cm³/mol. The minimum atomic E-state index is -4.38. The van der Waals surface area contributed by atoms with Crippen molar-refractivity contribution in [3.8, 4) is 0 Å². The summed E-state index contributed by atoms with van der Waals surface area (Å²) in [6.07, 6.45) is -0.991. The largest absolute Gasteiger partial charge is 0.419 e. The first-order valence-electron chi connectivity index (χ1n) is 6.58. The highest BCUT2D eigenvalue weighted by molar-refractivity contribution is 9.10. The summed E-state index contributed by atoms with van der Waals surface area (Å²) in [4.78, 5) is 5.80. The Hall–Kier alpha value is -0.820. The molecule has 110 valence electrons. The van der Waals surface area contributed by atoms with E-state index >= 15 is 0 Å². The fourth-order valence-corrected chi connectivity index (χ4v) is 3.48. The van der Waals surface area contributed by atoms with E-state index in [1.165, 1.54) is 6.20 Å². The van der Waals surface area contributed by atoms with Gasteiger partial charge in [-0.3, -0.25) is 0 Å². The SMILES string of the molecule is FC(F)(F)c1cc(Br)cnc1N1CCC2(CCNC2)C1. The molecule has 0 radical (unpaired) electrons. The van der Waals surface area contributed by atoms with Gasteiger partial charge in [-0.1, -0.05) is 0 Å². The lowest BCUT2D eigenvalue weighted by Gasteiger charge is -2.25. The Bertz CT molecular complexity index is 512. The third-order valence-electron chi connectivity index (χ3n) is 4.21. The molecular weight excluding hydrogens is 335 g/mol. The Morgan fingerprint density at radius 2 is 2.15 bits per heavy atom. The number of aromatic nitrogens is 1. The van der Waals surface area contributed by atoms with Crippen LogP contribution in [0.25, 0.3) is 0 Å². The minimum Gasteiger partial charge on any atom is -0.355 e. The first-order valence-corrected chi connectivity index (χ1v) is 7.37. The zero-order valence-corrected chi connectivity index (χ0v) is 12.4. The quantitative estimate of drug-likeness (QED) is 0.844. The van der Waals surface area contributed by atoms with Gasteiger partial charge in [-0.15, -0.1) is 0 Å². The van der Waals surface area contributed by atoms with Crippen LogP contribution in [0.3, 0.4) is 0 Å². The van der Waals surface area contributed by atoms with Crippen LogP contribution in [0.5, 0.6) is 0 Å². The summed E-state index contributed by atoms with van der Waals surface area (Å²) < 4.78 is 39.8. The molecule has 1 N–H and O–H groups in total. The Morgan fingerprint density at radius 1 is 1.35 bits per heavy atom. The van der Waals surface area contributed by atoms with Crippen molar-refractivity contribution in [1.29, 1.82) is 0 Å². The van der Waals surface area contributed by atoms with Gasteiger partial charge < -0.3 is 10.2 Å². The molecule has 2 fully saturated rings. The van der Waals surface area contributed by atoms with Crippen molar-refractivity contribution >= 4 is 21.7 Å². The van der Waals surface area contributed by atoms with Gasteiger partial charge in [0.1, 0.15) is 5.82 Å². The van der Waals surface area contributed by atoms with Crippen molar-refractivity contribution in [3.63, 3.8) is 0 Å². The summed E-state index contributed by atoms with van der Waals surface area (Å²) in [6.45, 7) is 3.13. The maximum absolute atomic E-state index is 13.2. The van der Waals surface area contributed by atoms with E-state index in [4.69, 9.17) is 0 Å². The van der Waals surface area contributed by atoms with Crippen LogP contribution in [0.4, 0.5) is 19.0 Å². The highest BCUT2D eigenvalue weighted by Gasteiger charge is 2.43. The smallest absolute Gasteiger partial charge is 0.355 e. The van der Waals surface area contributed by atoms with Gasteiger partial charge in [-0.2, -0.15) is 13.2 Å². The van der Waals surface area contributed by atoms with Crippen LogP contribution >= 0.6 is 15.9 Å². The summed E-state index contributed by atoms with van der Waals surface area (Å²) in [6, 6.07) is 1.11. The Morgan fingerprint density at radius 3 is 2.80 bits per heavy atom. The Balaban J connectivity index is 1.91. The third kappa shape index (κ3) is 2.53. The summed E-state index contributed by atoms with van der Waals surface area (Å²) in [5, 5.41) is 3.30. The maximum Gasteiger partial charge on any atom is 0.419 e. The molecule has 0 bridgehead atoms. The molecule has 0 saturated carbocycles. The molecule has 1 aromatic heterocycles. The standard InChI is InChI=1S/C13H15BrF3N3/c14-9-5-10(13(15,16)17)11(19-6-9)20-4-2-12(8-20)1-3-18-7-12/h5-6,18H,1-4,7-8H2. The lowest BCUT2D eigenvalue weighted by Crippen LogP contribution is -2.30. The fourth-order valence-electron chi connectivity index (χ4n) is 3.15. The first kappa shape index (κ1) is 14.1. The molecule has 1 aromatic rings. The summed E-state index contributed by atoms with van der Waals surface area (Å²) >= 11 is 3.07. The second-order valence-electron chi connectivity index (χ2n) is 5.62. The summed E-state index contributed by atoms with van der Waals surface area (Å²) in [5.74, 6) is 0.0597. The van der Waals surface area contributed by atoms with E-state index < -0.39 is 11.7 Å². The molecule has 2 saturated heterocycles. The first-order chi connectivity index (χ1) is 9.40. The van der Waals surface area contributed by atoms with Crippen LogP contribution in [0, 0.1) is 5.41 Å². The molecule has 3 rings (SSSR count). The molecule has 1 spiro atoms. The number of halogens is 4. The molecule has 0 aromatic carbocycles. The number of rotatable bonds is 1. The number of hydrogen-bond acceptors (Lipinski definition) is 3. The van der Waals surface area contributed by atoms with Crippen molar-refractivity contribution < 1.29 is 13.2 Å². The van der Waals surface area contributed by atoms with Gasteiger partial charge in [0.25, 0.3) is 0 Å². The molecule has 20 heavy (non-hydrogen) atoms. The molecule has 2 aliphatic rings. The molecule has 1 atom stereocenters. The lowest BCUT2D eigenvalue weighted by molar-refractivity contribution is -0.137. The van der Waals surface area contributed by atoms with Gasteiger partial charge in [0.2, 0.25) is 0 Å². The number of nitrogens with zero attached hydrogens (tertiary/aromatic N) is 2. The van der Waals surface area contributed by atoms with E-state index in [-0.39, 0.29) is 11.2 Å². The summed E-state index contributed by atoms with van der Waals surface area (Å²) in [5.41, 5.74) is -0.535. The average molecular weight is 350 g/mol. The van der Waals surface area contributed by atoms with E-state index in [2.05, 4.69) is 26.2 Å². The second-order valence-corrected chi connectivity index (χ2v) is 6.54. The van der Waals surface area contributed by atoms with Crippen molar-refractivity contribution in [2.45, 2.75) is 19.0 Å². The molecular formula is C13H15BrF3N3. The molecule has 3 nitrogen and oxygen atoms in total. The average Bonchev–Trinajstić information content (AvgIpc) is 2.99. The second kappa shape index (κ2) is 4.87. The van der Waals surface area contributed by atoms with Crippen molar-refractivity contribution in [3.05, 3.63) is 22.3 Å². The van der Waals surface area contributed by atoms with Crippen LogP contribution in [0.1, 0.15) is 18.4 Å². The lowest BCUT2D eigenvalue weighted by atomic mass is 9.86. The number of alkyl halides is 3. The van der Waals surface area contributed by atoms with Gasteiger partial charge in [-0.25, -0.2) is 4.98 Å². The molecule has 0 aliphatic carbocycles. The highest BCUT2D eigenvalue weighted by atomic mass is 79.9. The van der Waals surface area contributed by atoms with Crippen LogP contribution < -0.4 is 10.2 Å². The van der Waals surface area contributed by atoms with E-state index in [0.717, 1.165) is 32.0 Å². The normalized spacial score (nSPS) is 26.7. The van der Waals surface area contributed by atoms with Crippen LogP contribution in [-0.4, -0.2) is 31.2 Å². The van der Waals surface area contributed by atoms with E-state index in [1.807, 2.05) is 0 Å². The Kier molecular flexibility index (Phi) is 3.44. The van der Waals surface area contributed by atoms with Crippen LogP contribution in [-0.2, 0) is 6.18 Å². The fraction of sp³-hybridized carbons (Fsp3) is 0.615. The minimum absolute atomic E-state index is 0.0597. The van der Waals surface area contributed by atoms with E-state index in [0.29, 0.717) is 17.6 Å². The number of anilines is 1. The predicted octanol–water partition coefficient (Wildman–Crippen LogP) is 3.05. The highest BCUT2D eigenvalue weighted by Crippen LogP contribution is 2.42. The zero-order chi connectivity index (χ0) is 14.4. The van der Waals surface area contributed by atoms with Gasteiger partial charge in [0, 0.05) is 35.7 Å². The van der Waals surface area contributed by atoms with E-state index in [1.54, 1.807) is 4.90 Å². The number of pyridine rings is 1. The molecule has 3 heterocycles. The van der Waals surface area contributed by atoms with Crippen molar-refractivity contribution in [2.75, 3.05) is 31.1 Å². The van der Waals surface area contributed by atoms with Gasteiger partial charge >= 0.3 is 6.18 Å². The zero-order valence-electron chi connectivity index (χ0n) is 10.8. The molecule has 2 aliphatic heterocycles. The van der Waals surface area contributed by atoms with E-state index in [9.17, 15) is 13.2 Å². The molecule has 1 unspecified atom stereocenters.